The predicted octanol–water partition coefficient (Wildman–Crippen LogP) is 2.60. The minimum absolute atomic E-state index is 0.186. The number of sulfonamides is 1. The Hall–Kier alpha value is -1.33. The number of halogens is 2. The molecule has 6 nitrogen and oxygen atoms in total. The molecule has 2 aromatic rings. The molecule has 0 atom stereocenters. The van der Waals surface area contributed by atoms with Crippen LogP contribution in [0.2, 0.25) is 0 Å². The number of nitrogens with zero attached hydrogens (tertiary/aromatic N) is 1. The average molecular weight is 463 g/mol. The fraction of sp³-hybridized carbons (Fsp3) is 0.312. The molecule has 1 aromatic heterocycles. The van der Waals surface area contributed by atoms with Gasteiger partial charge in [-0.2, -0.15) is 4.31 Å². The van der Waals surface area contributed by atoms with E-state index in [0.717, 1.165) is 11.3 Å². The average Bonchev–Trinajstić information content (AvgIpc) is 3.10. The summed E-state index contributed by atoms with van der Waals surface area (Å²) in [7, 11) is -3.53. The van der Waals surface area contributed by atoms with Crippen LogP contribution < -0.4 is 5.32 Å². The van der Waals surface area contributed by atoms with E-state index in [1.807, 2.05) is 0 Å². The molecule has 0 unspecified atom stereocenters. The van der Waals surface area contributed by atoms with E-state index in [4.69, 9.17) is 4.74 Å². The number of rotatable bonds is 5. The van der Waals surface area contributed by atoms with Crippen molar-refractivity contribution in [2.45, 2.75) is 10.8 Å². The SMILES string of the molecule is O=C(NCc1ccc(S(=O)(=O)N2CCOCC2)s1)c1ccc(F)cc1Br. The highest BCUT2D eigenvalue weighted by atomic mass is 79.9. The zero-order valence-corrected chi connectivity index (χ0v) is 16.8. The van der Waals surface area contributed by atoms with Crippen molar-refractivity contribution >= 4 is 43.2 Å². The first kappa shape index (κ1) is 19.4. The molecule has 0 aliphatic carbocycles. The number of nitrogens with one attached hydrogen (secondary N) is 1. The number of benzene rings is 1. The Morgan fingerprint density at radius 2 is 2.00 bits per heavy atom. The summed E-state index contributed by atoms with van der Waals surface area (Å²) in [5.74, 6) is -0.812. The van der Waals surface area contributed by atoms with Crippen LogP contribution in [0, 0.1) is 5.82 Å². The van der Waals surface area contributed by atoms with Gasteiger partial charge in [0.05, 0.1) is 25.3 Å². The normalized spacial score (nSPS) is 15.8. The third-order valence-corrected chi connectivity index (χ3v) is 7.91. The van der Waals surface area contributed by atoms with E-state index in [1.54, 1.807) is 12.1 Å². The van der Waals surface area contributed by atoms with Crippen molar-refractivity contribution in [2.75, 3.05) is 26.3 Å². The minimum Gasteiger partial charge on any atom is -0.379 e. The third-order valence-electron chi connectivity index (χ3n) is 3.80. The summed E-state index contributed by atoms with van der Waals surface area (Å²) in [4.78, 5) is 12.9. The van der Waals surface area contributed by atoms with E-state index >= 15 is 0 Å². The van der Waals surface area contributed by atoms with E-state index in [9.17, 15) is 17.6 Å². The van der Waals surface area contributed by atoms with Crippen molar-refractivity contribution in [3.05, 3.63) is 51.1 Å². The molecule has 1 aliphatic heterocycles. The first-order valence-corrected chi connectivity index (χ1v) is 10.8. The molecule has 0 radical (unpaired) electrons. The molecule has 1 amide bonds. The zero-order chi connectivity index (χ0) is 18.7. The molecular formula is C16H16BrFN2O4S2. The Kier molecular flexibility index (Phi) is 6.08. The Bertz CT molecular complexity index is 911. The zero-order valence-electron chi connectivity index (χ0n) is 13.6. The van der Waals surface area contributed by atoms with Crippen LogP contribution in [0.1, 0.15) is 15.2 Å². The largest absolute Gasteiger partial charge is 0.379 e. The Morgan fingerprint density at radius 1 is 1.27 bits per heavy atom. The molecule has 10 heteroatoms. The van der Waals surface area contributed by atoms with Gasteiger partial charge in [-0.15, -0.1) is 11.3 Å². The Morgan fingerprint density at radius 3 is 2.69 bits per heavy atom. The van der Waals surface area contributed by atoms with Crippen LogP contribution in [0.25, 0.3) is 0 Å². The maximum atomic E-state index is 13.1. The second-order valence-electron chi connectivity index (χ2n) is 5.54. The lowest BCUT2D eigenvalue weighted by Gasteiger charge is -2.25. The van der Waals surface area contributed by atoms with Crippen LogP contribution in [0.4, 0.5) is 4.39 Å². The second kappa shape index (κ2) is 8.13. The Balaban J connectivity index is 1.66. The van der Waals surface area contributed by atoms with Gasteiger partial charge >= 0.3 is 0 Å². The van der Waals surface area contributed by atoms with Gasteiger partial charge in [0.15, 0.2) is 0 Å². The highest BCUT2D eigenvalue weighted by Gasteiger charge is 2.27. The van der Waals surface area contributed by atoms with E-state index in [2.05, 4.69) is 21.2 Å². The monoisotopic (exact) mass is 462 g/mol. The van der Waals surface area contributed by atoms with Crippen molar-refractivity contribution in [1.29, 1.82) is 0 Å². The maximum absolute atomic E-state index is 13.1. The maximum Gasteiger partial charge on any atom is 0.252 e. The predicted molar refractivity (Wildman–Crippen MR) is 99.2 cm³/mol. The van der Waals surface area contributed by atoms with Crippen LogP contribution in [-0.4, -0.2) is 44.9 Å². The van der Waals surface area contributed by atoms with Crippen molar-refractivity contribution in [3.63, 3.8) is 0 Å². The molecule has 1 aliphatic rings. The summed E-state index contributed by atoms with van der Waals surface area (Å²) in [5.41, 5.74) is 0.309. The summed E-state index contributed by atoms with van der Waals surface area (Å²) in [5, 5.41) is 2.71. The molecule has 140 valence electrons. The van der Waals surface area contributed by atoms with Crippen molar-refractivity contribution in [3.8, 4) is 0 Å². The van der Waals surface area contributed by atoms with Gasteiger partial charge in [-0.05, 0) is 46.3 Å². The summed E-state index contributed by atoms with van der Waals surface area (Å²) in [6, 6.07) is 7.03. The molecule has 1 N–H and O–H groups in total. The fourth-order valence-corrected chi connectivity index (χ4v) is 5.83. The highest BCUT2D eigenvalue weighted by Crippen LogP contribution is 2.26. The molecule has 0 spiro atoms. The highest BCUT2D eigenvalue weighted by molar-refractivity contribution is 9.10. The van der Waals surface area contributed by atoms with E-state index in [-0.39, 0.29) is 16.7 Å². The molecule has 0 bridgehead atoms. The van der Waals surface area contributed by atoms with Gasteiger partial charge in [-0.25, -0.2) is 12.8 Å². The number of hydrogen-bond acceptors (Lipinski definition) is 5. The molecule has 1 saturated heterocycles. The van der Waals surface area contributed by atoms with Crippen molar-refractivity contribution in [2.24, 2.45) is 0 Å². The molecule has 3 rings (SSSR count). The van der Waals surface area contributed by atoms with Crippen molar-refractivity contribution < 1.29 is 22.3 Å². The van der Waals surface area contributed by atoms with Gasteiger partial charge in [0, 0.05) is 22.4 Å². The third kappa shape index (κ3) is 4.32. The summed E-state index contributed by atoms with van der Waals surface area (Å²) < 4.78 is 45.5. The van der Waals surface area contributed by atoms with Crippen molar-refractivity contribution in [1.82, 2.24) is 9.62 Å². The molecular weight excluding hydrogens is 447 g/mol. The first-order chi connectivity index (χ1) is 12.4. The molecule has 1 aromatic carbocycles. The van der Waals surface area contributed by atoms with Crippen LogP contribution in [0.3, 0.4) is 0 Å². The molecule has 1 fully saturated rings. The van der Waals surface area contributed by atoms with Gasteiger partial charge < -0.3 is 10.1 Å². The molecule has 0 saturated carbocycles. The number of ether oxygens (including phenoxy) is 1. The molecule has 26 heavy (non-hydrogen) atoms. The smallest absolute Gasteiger partial charge is 0.252 e. The number of carbonyl (C=O) groups is 1. The summed E-state index contributed by atoms with van der Waals surface area (Å²) >= 11 is 4.28. The van der Waals surface area contributed by atoms with E-state index in [0.29, 0.717) is 41.2 Å². The second-order valence-corrected chi connectivity index (χ2v) is 9.73. The van der Waals surface area contributed by atoms with Gasteiger partial charge in [0.1, 0.15) is 10.0 Å². The minimum atomic E-state index is -3.53. The number of hydrogen-bond donors (Lipinski definition) is 1. The number of morpholine rings is 1. The first-order valence-electron chi connectivity index (χ1n) is 7.78. The van der Waals surface area contributed by atoms with Gasteiger partial charge in [0.25, 0.3) is 15.9 Å². The fourth-order valence-electron chi connectivity index (χ4n) is 2.44. The van der Waals surface area contributed by atoms with Crippen LogP contribution >= 0.6 is 27.3 Å². The summed E-state index contributed by atoms with van der Waals surface area (Å²) in [6.07, 6.45) is 0. The molecule has 2 heterocycles. The van der Waals surface area contributed by atoms with Gasteiger partial charge in [-0.3, -0.25) is 4.79 Å². The van der Waals surface area contributed by atoms with Crippen LogP contribution in [-0.2, 0) is 21.3 Å². The topological polar surface area (TPSA) is 75.7 Å². The lowest BCUT2D eigenvalue weighted by Crippen LogP contribution is -2.40. The summed E-state index contributed by atoms with van der Waals surface area (Å²) in [6.45, 7) is 1.64. The standard InChI is InChI=1S/C16H16BrFN2O4S2/c17-14-9-11(18)1-3-13(14)16(21)19-10-12-2-4-15(25-12)26(22,23)20-5-7-24-8-6-20/h1-4,9H,5-8,10H2,(H,19,21). The quantitative estimate of drug-likeness (QED) is 0.740. The number of thiophene rings is 1. The van der Waals surface area contributed by atoms with E-state index < -0.39 is 15.8 Å². The van der Waals surface area contributed by atoms with Crippen LogP contribution in [0.15, 0.2) is 39.0 Å². The number of amides is 1. The number of carbonyl (C=O) groups excluding carboxylic acids is 1. The lowest BCUT2D eigenvalue weighted by atomic mass is 10.2. The lowest BCUT2D eigenvalue weighted by molar-refractivity contribution is 0.0731. The van der Waals surface area contributed by atoms with E-state index in [1.165, 1.54) is 22.5 Å². The van der Waals surface area contributed by atoms with Crippen LogP contribution in [0.5, 0.6) is 0 Å². The Labute approximate surface area is 163 Å². The van der Waals surface area contributed by atoms with Gasteiger partial charge in [-0.1, -0.05) is 0 Å². The van der Waals surface area contributed by atoms with Gasteiger partial charge in [0.2, 0.25) is 0 Å².